The van der Waals surface area contributed by atoms with Gasteiger partial charge in [0.15, 0.2) is 0 Å². The van der Waals surface area contributed by atoms with Gasteiger partial charge >= 0.3 is 0 Å². The lowest BCUT2D eigenvalue weighted by Crippen LogP contribution is -2.61. The third-order valence-electron chi connectivity index (χ3n) is 11.2. The van der Waals surface area contributed by atoms with Crippen molar-refractivity contribution < 1.29 is 15.1 Å². The van der Waals surface area contributed by atoms with Crippen LogP contribution in [-0.2, 0) is 4.74 Å². The van der Waals surface area contributed by atoms with Gasteiger partial charge in [-0.05, 0) is 93.3 Å². The first-order chi connectivity index (χ1) is 15.6. The van der Waals surface area contributed by atoms with Crippen LogP contribution in [0.2, 0.25) is 0 Å². The third-order valence-corrected chi connectivity index (χ3v) is 11.2. The summed E-state index contributed by atoms with van der Waals surface area (Å²) in [5.41, 5.74) is 1.18. The van der Waals surface area contributed by atoms with Gasteiger partial charge in [0.2, 0.25) is 0 Å². The molecule has 0 bridgehead atoms. The number of ether oxygens (including phenoxy) is 1. The van der Waals surface area contributed by atoms with Crippen LogP contribution in [0.25, 0.3) is 0 Å². The minimum atomic E-state index is -0.290. The highest BCUT2D eigenvalue weighted by Gasteiger charge is 2.60. The fourth-order valence-corrected chi connectivity index (χ4v) is 8.73. The number of unbranched alkanes of at least 4 members (excludes halogenated alkanes) is 1. The van der Waals surface area contributed by atoms with E-state index >= 15 is 0 Å². The zero-order chi connectivity index (χ0) is 24.0. The van der Waals surface area contributed by atoms with E-state index in [0.717, 1.165) is 30.4 Å². The van der Waals surface area contributed by atoms with Gasteiger partial charge < -0.3 is 15.1 Å². The van der Waals surface area contributed by atoms with E-state index in [4.69, 9.17) is 4.74 Å². The second-order valence-electron chi connectivity index (χ2n) is 13.4. The van der Waals surface area contributed by atoms with Gasteiger partial charge in [0.05, 0.1) is 17.9 Å². The Bertz CT molecular complexity index is 707. The lowest BCUT2D eigenvalue weighted by atomic mass is 9.53. The average Bonchev–Trinajstić information content (AvgIpc) is 3.09. The highest BCUT2D eigenvalue weighted by atomic mass is 16.5. The van der Waals surface area contributed by atoms with Crippen molar-refractivity contribution >= 4 is 5.71 Å². The topological polar surface area (TPSA) is 62.0 Å². The zero-order valence-corrected chi connectivity index (χ0v) is 22.2. The molecule has 4 nitrogen and oxygen atoms in total. The van der Waals surface area contributed by atoms with Gasteiger partial charge in [-0.15, -0.1) is 0 Å². The van der Waals surface area contributed by atoms with Gasteiger partial charge in [-0.2, -0.15) is 0 Å². The van der Waals surface area contributed by atoms with Gasteiger partial charge in [0.25, 0.3) is 0 Å². The first kappa shape index (κ1) is 25.5. The first-order valence-corrected chi connectivity index (χ1v) is 14.2. The lowest BCUT2D eigenvalue weighted by molar-refractivity contribution is -0.151. The van der Waals surface area contributed by atoms with Crippen LogP contribution in [0.3, 0.4) is 0 Å². The van der Waals surface area contributed by atoms with Gasteiger partial charge in [-0.25, -0.2) is 0 Å². The molecule has 9 unspecified atom stereocenters. The van der Waals surface area contributed by atoms with E-state index in [-0.39, 0.29) is 29.6 Å². The summed E-state index contributed by atoms with van der Waals surface area (Å²) in [5.74, 6) is 3.39. The van der Waals surface area contributed by atoms with Crippen LogP contribution < -0.4 is 0 Å². The van der Waals surface area contributed by atoms with Crippen LogP contribution in [0.15, 0.2) is 5.16 Å². The Balaban J connectivity index is 1.55. The van der Waals surface area contributed by atoms with Crippen molar-refractivity contribution in [2.45, 2.75) is 130 Å². The minimum Gasteiger partial charge on any atom is -0.411 e. The maximum Gasteiger partial charge on any atom is 0.103 e. The van der Waals surface area contributed by atoms with Crippen LogP contribution in [-0.4, -0.2) is 34.3 Å². The van der Waals surface area contributed by atoms with E-state index < -0.39 is 0 Å². The van der Waals surface area contributed by atoms with Gasteiger partial charge in [0.1, 0.15) is 6.10 Å². The molecule has 1 saturated heterocycles. The summed E-state index contributed by atoms with van der Waals surface area (Å²) >= 11 is 0. The molecule has 2 N–H and O–H groups in total. The molecule has 1 heterocycles. The molecule has 4 fully saturated rings. The second-order valence-corrected chi connectivity index (χ2v) is 13.4. The Morgan fingerprint density at radius 1 is 1.03 bits per heavy atom. The van der Waals surface area contributed by atoms with Crippen molar-refractivity contribution in [2.24, 2.45) is 51.5 Å². The van der Waals surface area contributed by atoms with Crippen LogP contribution in [0.4, 0.5) is 0 Å². The quantitative estimate of drug-likeness (QED) is 0.253. The maximum atomic E-state index is 10.5. The molecular weight excluding hydrogens is 410 g/mol. The van der Waals surface area contributed by atoms with E-state index in [1.807, 2.05) is 0 Å². The van der Waals surface area contributed by atoms with Crippen LogP contribution in [0.5, 0.6) is 0 Å². The van der Waals surface area contributed by atoms with Crippen molar-refractivity contribution in [3.63, 3.8) is 0 Å². The normalized spacial score (nSPS) is 49.3. The molecule has 3 aliphatic carbocycles. The van der Waals surface area contributed by atoms with Gasteiger partial charge in [0, 0.05) is 11.3 Å². The summed E-state index contributed by atoms with van der Waals surface area (Å²) in [4.78, 5) is 0. The molecule has 3 saturated carbocycles. The van der Waals surface area contributed by atoms with Crippen molar-refractivity contribution in [3.8, 4) is 0 Å². The smallest absolute Gasteiger partial charge is 0.103 e. The van der Waals surface area contributed by atoms with E-state index in [1.54, 1.807) is 0 Å². The highest BCUT2D eigenvalue weighted by Crippen LogP contribution is 2.62. The average molecular weight is 462 g/mol. The fourth-order valence-electron chi connectivity index (χ4n) is 8.73. The molecule has 0 spiro atoms. The summed E-state index contributed by atoms with van der Waals surface area (Å²) in [6, 6.07) is 0. The van der Waals surface area contributed by atoms with E-state index in [9.17, 15) is 10.3 Å². The molecule has 0 amide bonds. The standard InChI is InChI=1S/C29H51NO3/c1-18(2)9-7-8-10-21-11-12-23-25(19(3)13-15-29(21,23)6)27-26(30-32)24-17-22(31)14-16-28(24,5)20(4)33-27/h18-25,27,31-32H,7-17H2,1-6H3/b30-26-/t19?,20-,21?,22?,23?,24?,25?,27?,28?,29?/m1/s1. The zero-order valence-electron chi connectivity index (χ0n) is 22.2. The second kappa shape index (κ2) is 9.80. The number of aliphatic hydroxyl groups is 1. The van der Waals surface area contributed by atoms with E-state index in [2.05, 4.69) is 46.7 Å². The Morgan fingerprint density at radius 3 is 2.45 bits per heavy atom. The largest absolute Gasteiger partial charge is 0.411 e. The van der Waals surface area contributed by atoms with Crippen molar-refractivity contribution in [1.82, 2.24) is 0 Å². The molecule has 0 aromatic rings. The SMILES string of the molecule is CC(C)CCCCC1CCC2C(C3O[C@H](C)C4(C)CCC(O)CC4/C3=N/O)C(C)CCC12C. The Kier molecular flexibility index (Phi) is 7.57. The van der Waals surface area contributed by atoms with Crippen molar-refractivity contribution in [2.75, 3.05) is 0 Å². The van der Waals surface area contributed by atoms with E-state index in [0.29, 0.717) is 29.6 Å². The molecule has 4 rings (SSSR count). The number of hydrogen-bond acceptors (Lipinski definition) is 4. The fraction of sp³-hybridized carbons (Fsp3) is 0.966. The van der Waals surface area contributed by atoms with E-state index in [1.165, 1.54) is 51.4 Å². The Morgan fingerprint density at radius 2 is 1.76 bits per heavy atom. The van der Waals surface area contributed by atoms with Crippen LogP contribution in [0, 0.1) is 46.3 Å². The molecule has 1 aliphatic heterocycles. The van der Waals surface area contributed by atoms with Gasteiger partial charge in [-0.3, -0.25) is 0 Å². The first-order valence-electron chi connectivity index (χ1n) is 14.2. The predicted molar refractivity (Wildman–Crippen MR) is 135 cm³/mol. The number of oxime groups is 1. The molecule has 0 aromatic heterocycles. The number of nitrogens with zero attached hydrogens (tertiary/aromatic N) is 1. The summed E-state index contributed by atoms with van der Waals surface area (Å²) in [5, 5.41) is 24.7. The molecule has 10 atom stereocenters. The number of rotatable bonds is 6. The van der Waals surface area contributed by atoms with Crippen LogP contribution in [0.1, 0.15) is 112 Å². The summed E-state index contributed by atoms with van der Waals surface area (Å²) in [6.45, 7) is 14.2. The third kappa shape index (κ3) is 4.53. The predicted octanol–water partition coefficient (Wildman–Crippen LogP) is 7.07. The molecule has 0 radical (unpaired) electrons. The number of aliphatic hydroxyl groups excluding tert-OH is 1. The highest BCUT2D eigenvalue weighted by molar-refractivity contribution is 5.92. The lowest BCUT2D eigenvalue weighted by Gasteiger charge is -2.57. The molecule has 190 valence electrons. The number of fused-ring (bicyclic) bond motifs is 2. The van der Waals surface area contributed by atoms with Crippen LogP contribution >= 0.6 is 0 Å². The summed E-state index contributed by atoms with van der Waals surface area (Å²) in [6.07, 6.45) is 12.9. The Hall–Kier alpha value is -0.610. The molecule has 0 aromatic carbocycles. The van der Waals surface area contributed by atoms with Crippen molar-refractivity contribution in [1.29, 1.82) is 0 Å². The van der Waals surface area contributed by atoms with Gasteiger partial charge in [-0.1, -0.05) is 59.0 Å². The maximum absolute atomic E-state index is 10.5. The molecular formula is C29H51NO3. The molecule has 33 heavy (non-hydrogen) atoms. The monoisotopic (exact) mass is 461 g/mol. The minimum absolute atomic E-state index is 0.0485. The summed E-state index contributed by atoms with van der Waals surface area (Å²) in [7, 11) is 0. The van der Waals surface area contributed by atoms with Crippen molar-refractivity contribution in [3.05, 3.63) is 0 Å². The Labute approximate surface area is 202 Å². The molecule has 4 heteroatoms. The summed E-state index contributed by atoms with van der Waals surface area (Å²) < 4.78 is 6.85. The number of hydrogen-bond donors (Lipinski definition) is 2. The molecule has 4 aliphatic rings.